The Morgan fingerprint density at radius 3 is 2.86 bits per heavy atom. The molecule has 3 heteroatoms. The third kappa shape index (κ3) is 4.57. The first-order chi connectivity index (χ1) is 10.2. The van der Waals surface area contributed by atoms with Gasteiger partial charge in [0.2, 0.25) is 0 Å². The smallest absolute Gasteiger partial charge is 0.0540 e. The molecule has 2 rings (SSSR count). The highest BCUT2D eigenvalue weighted by Gasteiger charge is 2.22. The van der Waals surface area contributed by atoms with Crippen molar-refractivity contribution in [2.45, 2.75) is 32.4 Å². The molecule has 1 aromatic rings. The number of aliphatic hydroxyl groups is 1. The van der Waals surface area contributed by atoms with E-state index in [1.807, 2.05) is 6.07 Å². The summed E-state index contributed by atoms with van der Waals surface area (Å²) in [4.78, 5) is 4.99. The van der Waals surface area contributed by atoms with Crippen LogP contribution < -0.4 is 0 Å². The van der Waals surface area contributed by atoms with Gasteiger partial charge in [-0.15, -0.1) is 0 Å². The summed E-state index contributed by atoms with van der Waals surface area (Å²) in [5.74, 6) is 6.22. The molecule has 1 aliphatic heterocycles. The van der Waals surface area contributed by atoms with Crippen LogP contribution in [0.4, 0.5) is 0 Å². The number of hydrogen-bond acceptors (Lipinski definition) is 3. The Kier molecular flexibility index (Phi) is 6.25. The Morgan fingerprint density at radius 1 is 1.29 bits per heavy atom. The first-order valence-electron chi connectivity index (χ1n) is 7.84. The first-order valence-corrected chi connectivity index (χ1v) is 7.84. The van der Waals surface area contributed by atoms with Gasteiger partial charge >= 0.3 is 0 Å². The Hall–Kier alpha value is -1.34. The summed E-state index contributed by atoms with van der Waals surface area (Å²) in [6, 6.07) is 9.02. The Bertz CT molecular complexity index is 503. The van der Waals surface area contributed by atoms with Crippen LogP contribution in [-0.2, 0) is 6.54 Å². The van der Waals surface area contributed by atoms with Crippen LogP contribution in [-0.4, -0.2) is 54.2 Å². The molecule has 0 amide bonds. The summed E-state index contributed by atoms with van der Waals surface area (Å²) >= 11 is 0. The monoisotopic (exact) mass is 286 g/mol. The van der Waals surface area contributed by atoms with Gasteiger partial charge in [-0.25, -0.2) is 0 Å². The van der Waals surface area contributed by atoms with Gasteiger partial charge in [0, 0.05) is 44.2 Å². The standard InChI is InChI=1S/C18H26N2O/c1-3-18-15-20(12-11-19(18)2)14-17-10-5-4-8-16(17)9-6-7-13-21/h4-5,8,10,18,21H,3,7,11-15H2,1-2H3. The van der Waals surface area contributed by atoms with Crippen molar-refractivity contribution in [2.24, 2.45) is 0 Å². The van der Waals surface area contributed by atoms with E-state index in [1.165, 1.54) is 12.0 Å². The molecule has 1 unspecified atom stereocenters. The van der Waals surface area contributed by atoms with Gasteiger partial charge in [0.05, 0.1) is 6.61 Å². The lowest BCUT2D eigenvalue weighted by molar-refractivity contribution is 0.0883. The van der Waals surface area contributed by atoms with Crippen molar-refractivity contribution in [3.8, 4) is 11.8 Å². The molecular weight excluding hydrogens is 260 g/mol. The molecule has 1 N–H and O–H groups in total. The third-order valence-electron chi connectivity index (χ3n) is 4.20. The molecule has 114 valence electrons. The van der Waals surface area contributed by atoms with Gasteiger partial charge in [0.1, 0.15) is 0 Å². The molecule has 1 fully saturated rings. The second kappa shape index (κ2) is 8.19. The number of piperazine rings is 1. The maximum Gasteiger partial charge on any atom is 0.0540 e. The molecule has 1 heterocycles. The summed E-state index contributed by atoms with van der Waals surface area (Å²) in [5.41, 5.74) is 2.39. The number of rotatable bonds is 4. The van der Waals surface area contributed by atoms with E-state index in [4.69, 9.17) is 5.11 Å². The summed E-state index contributed by atoms with van der Waals surface area (Å²) in [7, 11) is 2.22. The fraction of sp³-hybridized carbons (Fsp3) is 0.556. The number of hydrogen-bond donors (Lipinski definition) is 1. The molecule has 1 aromatic carbocycles. The first kappa shape index (κ1) is 16.0. The molecule has 0 radical (unpaired) electrons. The largest absolute Gasteiger partial charge is 0.395 e. The number of aliphatic hydroxyl groups excluding tert-OH is 1. The molecule has 3 nitrogen and oxygen atoms in total. The zero-order valence-electron chi connectivity index (χ0n) is 13.2. The molecule has 0 spiro atoms. The molecule has 1 atom stereocenters. The van der Waals surface area contributed by atoms with E-state index in [1.54, 1.807) is 0 Å². The molecule has 0 aromatic heterocycles. The van der Waals surface area contributed by atoms with Crippen LogP contribution in [0.2, 0.25) is 0 Å². The molecule has 1 aliphatic rings. The van der Waals surface area contributed by atoms with Crippen LogP contribution in [0.25, 0.3) is 0 Å². The van der Waals surface area contributed by atoms with Gasteiger partial charge < -0.3 is 10.0 Å². The lowest BCUT2D eigenvalue weighted by Crippen LogP contribution is -2.50. The van der Waals surface area contributed by atoms with Crippen molar-refractivity contribution in [3.05, 3.63) is 35.4 Å². The molecule has 0 aliphatic carbocycles. The maximum atomic E-state index is 8.84. The predicted octanol–water partition coefficient (Wildman–Crippen LogP) is 1.95. The van der Waals surface area contributed by atoms with E-state index >= 15 is 0 Å². The lowest BCUT2D eigenvalue weighted by Gasteiger charge is -2.39. The number of nitrogens with zero attached hydrogens (tertiary/aromatic N) is 2. The topological polar surface area (TPSA) is 26.7 Å². The third-order valence-corrected chi connectivity index (χ3v) is 4.20. The molecule has 0 saturated carbocycles. The van der Waals surface area contributed by atoms with Gasteiger partial charge in [-0.3, -0.25) is 4.90 Å². The highest BCUT2D eigenvalue weighted by Crippen LogP contribution is 2.16. The fourth-order valence-electron chi connectivity index (χ4n) is 2.83. The van der Waals surface area contributed by atoms with Crippen molar-refractivity contribution in [1.29, 1.82) is 0 Å². The van der Waals surface area contributed by atoms with Gasteiger partial charge in [0.25, 0.3) is 0 Å². The highest BCUT2D eigenvalue weighted by molar-refractivity contribution is 5.41. The quantitative estimate of drug-likeness (QED) is 0.857. The van der Waals surface area contributed by atoms with Gasteiger partial charge in [-0.05, 0) is 25.1 Å². The van der Waals surface area contributed by atoms with Crippen molar-refractivity contribution in [1.82, 2.24) is 9.80 Å². The molecule has 0 bridgehead atoms. The Morgan fingerprint density at radius 2 is 2.10 bits per heavy atom. The average molecular weight is 286 g/mol. The minimum Gasteiger partial charge on any atom is -0.395 e. The van der Waals surface area contributed by atoms with Crippen molar-refractivity contribution >= 4 is 0 Å². The summed E-state index contributed by atoms with van der Waals surface area (Å²) in [5, 5.41) is 8.84. The van der Waals surface area contributed by atoms with Gasteiger partial charge in [-0.2, -0.15) is 0 Å². The zero-order valence-corrected chi connectivity index (χ0v) is 13.2. The minimum atomic E-state index is 0.131. The molecular formula is C18H26N2O. The van der Waals surface area contributed by atoms with Crippen LogP contribution in [0.1, 0.15) is 30.9 Å². The summed E-state index contributed by atoms with van der Waals surface area (Å²) < 4.78 is 0. The lowest BCUT2D eigenvalue weighted by atomic mass is 10.1. The highest BCUT2D eigenvalue weighted by atomic mass is 16.2. The van der Waals surface area contributed by atoms with Gasteiger partial charge in [-0.1, -0.05) is 37.0 Å². The van der Waals surface area contributed by atoms with E-state index in [9.17, 15) is 0 Å². The second-order valence-corrected chi connectivity index (χ2v) is 5.71. The van der Waals surface area contributed by atoms with Crippen LogP contribution in [0.15, 0.2) is 24.3 Å². The van der Waals surface area contributed by atoms with Crippen molar-refractivity contribution in [3.63, 3.8) is 0 Å². The van der Waals surface area contributed by atoms with Crippen LogP contribution >= 0.6 is 0 Å². The zero-order chi connectivity index (χ0) is 15.1. The number of benzene rings is 1. The van der Waals surface area contributed by atoms with E-state index in [0.717, 1.165) is 31.7 Å². The van der Waals surface area contributed by atoms with Gasteiger partial charge in [0.15, 0.2) is 0 Å². The summed E-state index contributed by atoms with van der Waals surface area (Å²) in [6.07, 6.45) is 1.74. The van der Waals surface area contributed by atoms with E-state index in [2.05, 4.69) is 53.8 Å². The van der Waals surface area contributed by atoms with E-state index < -0.39 is 0 Å². The predicted molar refractivity (Wildman–Crippen MR) is 87.0 cm³/mol. The number of likely N-dealkylation sites (N-methyl/N-ethyl adjacent to an activating group) is 1. The SMILES string of the molecule is CCC1CN(Cc2ccccc2C#CCCO)CCN1C. The Labute approximate surface area is 128 Å². The van der Waals surface area contributed by atoms with Crippen molar-refractivity contribution < 1.29 is 5.11 Å². The van der Waals surface area contributed by atoms with Crippen LogP contribution in [0, 0.1) is 11.8 Å². The molecule has 21 heavy (non-hydrogen) atoms. The Balaban J connectivity index is 2.04. The van der Waals surface area contributed by atoms with E-state index in [0.29, 0.717) is 12.5 Å². The average Bonchev–Trinajstić information content (AvgIpc) is 2.51. The fourth-order valence-corrected chi connectivity index (χ4v) is 2.83. The minimum absolute atomic E-state index is 0.131. The van der Waals surface area contributed by atoms with E-state index in [-0.39, 0.29) is 6.61 Å². The van der Waals surface area contributed by atoms with Crippen molar-refractivity contribution in [2.75, 3.05) is 33.3 Å². The normalized spacial score (nSPS) is 20.0. The van der Waals surface area contributed by atoms with Crippen LogP contribution in [0.3, 0.4) is 0 Å². The van der Waals surface area contributed by atoms with Crippen LogP contribution in [0.5, 0.6) is 0 Å². The second-order valence-electron chi connectivity index (χ2n) is 5.71. The summed E-state index contributed by atoms with van der Waals surface area (Å²) in [6.45, 7) is 6.74. The maximum absolute atomic E-state index is 8.84. The molecule has 1 saturated heterocycles.